The molecule has 150 valence electrons. The van der Waals surface area contributed by atoms with Gasteiger partial charge >= 0.3 is 0 Å². The van der Waals surface area contributed by atoms with Crippen molar-refractivity contribution in [2.24, 2.45) is 5.73 Å². The Morgan fingerprint density at radius 2 is 1.87 bits per heavy atom. The molecule has 3 N–H and O–H groups in total. The van der Waals surface area contributed by atoms with E-state index in [-0.39, 0.29) is 0 Å². The molecule has 0 aliphatic rings. The fourth-order valence-corrected chi connectivity index (χ4v) is 3.05. The van der Waals surface area contributed by atoms with E-state index in [0.717, 1.165) is 16.9 Å². The van der Waals surface area contributed by atoms with Gasteiger partial charge in [-0.3, -0.25) is 4.79 Å². The maximum atomic E-state index is 11.4. The Labute approximate surface area is 174 Å². The average molecular weight is 399 g/mol. The topological polar surface area (TPSA) is 95.1 Å². The summed E-state index contributed by atoms with van der Waals surface area (Å²) in [6.45, 7) is 3.96. The van der Waals surface area contributed by atoms with Crippen molar-refractivity contribution in [1.29, 1.82) is 0 Å². The molecule has 0 fully saturated rings. The van der Waals surface area contributed by atoms with Gasteiger partial charge in [-0.15, -0.1) is 0 Å². The number of rotatable bonds is 6. The monoisotopic (exact) mass is 399 g/mol. The number of hydrogen-bond donors (Lipinski definition) is 2. The molecule has 7 heteroatoms. The molecule has 0 saturated heterocycles. The highest BCUT2D eigenvalue weighted by atomic mass is 16.5. The summed E-state index contributed by atoms with van der Waals surface area (Å²) < 4.78 is 7.88. The fourth-order valence-electron chi connectivity index (χ4n) is 3.05. The van der Waals surface area contributed by atoms with Crippen molar-refractivity contribution in [2.75, 3.05) is 5.32 Å². The Balaban J connectivity index is 1.59. The third kappa shape index (κ3) is 4.30. The standard InChI is InChI=1S/C23H21N5O2/c1-15-5-3-8-19(11-15)28-22(12-16(2)27-28)30-20-9-10-25-21(14-20)26-18-7-4-6-17(13-18)23(24)29/h3-14H,1-2H3,(H2,24,29)(H,25,26). The first-order valence-corrected chi connectivity index (χ1v) is 9.42. The largest absolute Gasteiger partial charge is 0.439 e. The molecule has 2 heterocycles. The highest BCUT2D eigenvalue weighted by Gasteiger charge is 2.11. The molecule has 0 radical (unpaired) electrons. The molecule has 1 amide bonds. The molecule has 0 saturated carbocycles. The van der Waals surface area contributed by atoms with Crippen LogP contribution in [0.3, 0.4) is 0 Å². The van der Waals surface area contributed by atoms with Crippen LogP contribution in [-0.4, -0.2) is 20.7 Å². The van der Waals surface area contributed by atoms with Crippen LogP contribution in [0.25, 0.3) is 5.69 Å². The number of ether oxygens (including phenoxy) is 1. The van der Waals surface area contributed by atoms with Gasteiger partial charge in [0, 0.05) is 29.6 Å². The number of amides is 1. The van der Waals surface area contributed by atoms with Gasteiger partial charge in [0.1, 0.15) is 11.6 Å². The maximum absolute atomic E-state index is 11.4. The summed E-state index contributed by atoms with van der Waals surface area (Å²) in [6.07, 6.45) is 1.65. The van der Waals surface area contributed by atoms with E-state index in [4.69, 9.17) is 10.5 Å². The molecule has 4 rings (SSSR count). The number of aryl methyl sites for hydroxylation is 2. The van der Waals surface area contributed by atoms with E-state index in [1.165, 1.54) is 0 Å². The van der Waals surface area contributed by atoms with Gasteiger partial charge in [0.05, 0.1) is 11.4 Å². The van der Waals surface area contributed by atoms with Crippen LogP contribution < -0.4 is 15.8 Å². The Morgan fingerprint density at radius 3 is 2.67 bits per heavy atom. The number of nitrogens with zero attached hydrogens (tertiary/aromatic N) is 3. The zero-order valence-corrected chi connectivity index (χ0v) is 16.7. The lowest BCUT2D eigenvalue weighted by Crippen LogP contribution is -2.10. The highest BCUT2D eigenvalue weighted by Crippen LogP contribution is 2.27. The van der Waals surface area contributed by atoms with Crippen LogP contribution in [0.15, 0.2) is 72.9 Å². The van der Waals surface area contributed by atoms with Gasteiger partial charge in [-0.1, -0.05) is 18.2 Å². The Bertz CT molecular complexity index is 1220. The lowest BCUT2D eigenvalue weighted by Gasteiger charge is -2.11. The van der Waals surface area contributed by atoms with Crippen LogP contribution in [0.4, 0.5) is 11.5 Å². The second-order valence-electron chi connectivity index (χ2n) is 6.92. The number of carbonyl (C=O) groups excluding carboxylic acids is 1. The zero-order valence-electron chi connectivity index (χ0n) is 16.7. The molecule has 0 bridgehead atoms. The third-order valence-corrected chi connectivity index (χ3v) is 4.42. The Morgan fingerprint density at radius 1 is 1.03 bits per heavy atom. The first-order chi connectivity index (χ1) is 14.5. The quantitative estimate of drug-likeness (QED) is 0.497. The van der Waals surface area contributed by atoms with E-state index in [9.17, 15) is 4.79 Å². The molecule has 0 aliphatic carbocycles. The van der Waals surface area contributed by atoms with Crippen molar-refractivity contribution >= 4 is 17.4 Å². The van der Waals surface area contributed by atoms with Crippen molar-refractivity contribution in [3.05, 3.63) is 89.7 Å². The van der Waals surface area contributed by atoms with Crippen molar-refractivity contribution in [3.63, 3.8) is 0 Å². The lowest BCUT2D eigenvalue weighted by molar-refractivity contribution is 0.100. The number of aromatic nitrogens is 3. The summed E-state index contributed by atoms with van der Waals surface area (Å²) in [5.41, 5.74) is 9.39. The number of anilines is 2. The van der Waals surface area contributed by atoms with Crippen molar-refractivity contribution in [1.82, 2.24) is 14.8 Å². The lowest BCUT2D eigenvalue weighted by atomic mass is 10.2. The van der Waals surface area contributed by atoms with E-state index in [1.807, 2.05) is 50.2 Å². The van der Waals surface area contributed by atoms with E-state index >= 15 is 0 Å². The molecule has 0 unspecified atom stereocenters. The number of nitrogens with one attached hydrogen (secondary N) is 1. The molecule has 7 nitrogen and oxygen atoms in total. The number of carbonyl (C=O) groups is 1. The van der Waals surface area contributed by atoms with Crippen molar-refractivity contribution < 1.29 is 9.53 Å². The first-order valence-electron chi connectivity index (χ1n) is 9.42. The van der Waals surface area contributed by atoms with Crippen LogP contribution in [0.2, 0.25) is 0 Å². The number of hydrogen-bond acceptors (Lipinski definition) is 5. The van der Waals surface area contributed by atoms with Crippen LogP contribution in [0.5, 0.6) is 11.6 Å². The van der Waals surface area contributed by atoms with E-state index in [2.05, 4.69) is 15.4 Å². The molecule has 0 atom stereocenters. The second-order valence-corrected chi connectivity index (χ2v) is 6.92. The van der Waals surface area contributed by atoms with Gasteiger partial charge in [-0.2, -0.15) is 5.10 Å². The summed E-state index contributed by atoms with van der Waals surface area (Å²) in [5, 5.41) is 7.71. The van der Waals surface area contributed by atoms with Crippen LogP contribution >= 0.6 is 0 Å². The predicted molar refractivity (Wildman–Crippen MR) is 116 cm³/mol. The van der Waals surface area contributed by atoms with Crippen molar-refractivity contribution in [3.8, 4) is 17.3 Å². The second kappa shape index (κ2) is 8.08. The molecule has 0 aliphatic heterocycles. The fraction of sp³-hybridized carbons (Fsp3) is 0.0870. The molecule has 4 aromatic rings. The summed E-state index contributed by atoms with van der Waals surface area (Å²) in [6, 6.07) is 20.4. The van der Waals surface area contributed by atoms with Gasteiger partial charge in [0.15, 0.2) is 0 Å². The number of nitrogens with two attached hydrogens (primary N) is 1. The zero-order chi connectivity index (χ0) is 21.1. The molecule has 30 heavy (non-hydrogen) atoms. The van der Waals surface area contributed by atoms with E-state index in [1.54, 1.807) is 41.2 Å². The predicted octanol–water partition coefficient (Wildman–Crippen LogP) is 4.52. The normalized spacial score (nSPS) is 10.6. The summed E-state index contributed by atoms with van der Waals surface area (Å²) >= 11 is 0. The van der Waals surface area contributed by atoms with Crippen LogP contribution in [-0.2, 0) is 0 Å². The minimum atomic E-state index is -0.483. The Kier molecular flexibility index (Phi) is 5.17. The molecular formula is C23H21N5O2. The number of primary amides is 1. The van der Waals surface area contributed by atoms with Crippen LogP contribution in [0.1, 0.15) is 21.6 Å². The minimum Gasteiger partial charge on any atom is -0.439 e. The van der Waals surface area contributed by atoms with Crippen LogP contribution in [0, 0.1) is 13.8 Å². The summed E-state index contributed by atoms with van der Waals surface area (Å²) in [4.78, 5) is 15.7. The molecule has 0 spiro atoms. The highest BCUT2D eigenvalue weighted by molar-refractivity contribution is 5.93. The third-order valence-electron chi connectivity index (χ3n) is 4.42. The van der Waals surface area contributed by atoms with E-state index in [0.29, 0.717) is 28.7 Å². The average Bonchev–Trinajstić information content (AvgIpc) is 3.08. The van der Waals surface area contributed by atoms with E-state index < -0.39 is 5.91 Å². The van der Waals surface area contributed by atoms with Gasteiger partial charge in [-0.05, 0) is 55.8 Å². The molecule has 2 aromatic heterocycles. The summed E-state index contributed by atoms with van der Waals surface area (Å²) in [7, 11) is 0. The number of benzene rings is 2. The van der Waals surface area contributed by atoms with Gasteiger partial charge in [0.2, 0.25) is 11.8 Å². The summed E-state index contributed by atoms with van der Waals surface area (Å²) in [5.74, 6) is 1.30. The first kappa shape index (κ1) is 19.2. The van der Waals surface area contributed by atoms with Crippen molar-refractivity contribution in [2.45, 2.75) is 13.8 Å². The van der Waals surface area contributed by atoms with Gasteiger partial charge in [-0.25, -0.2) is 9.67 Å². The number of pyridine rings is 1. The Hall–Kier alpha value is -4.13. The smallest absolute Gasteiger partial charge is 0.248 e. The minimum absolute atomic E-state index is 0.421. The van der Waals surface area contributed by atoms with Gasteiger partial charge < -0.3 is 15.8 Å². The molecule has 2 aromatic carbocycles. The SMILES string of the molecule is Cc1cccc(-n2nc(C)cc2Oc2ccnc(Nc3cccc(C(N)=O)c3)c2)c1. The molecular weight excluding hydrogens is 378 g/mol. The van der Waals surface area contributed by atoms with Gasteiger partial charge in [0.25, 0.3) is 0 Å². The maximum Gasteiger partial charge on any atom is 0.248 e.